The van der Waals surface area contributed by atoms with Gasteiger partial charge >= 0.3 is 0 Å². The van der Waals surface area contributed by atoms with Crippen molar-refractivity contribution in [1.29, 1.82) is 0 Å². The number of rotatable bonds is 7. The molecule has 0 amide bonds. The summed E-state index contributed by atoms with van der Waals surface area (Å²) in [5.41, 5.74) is 5.01. The van der Waals surface area contributed by atoms with Gasteiger partial charge in [0.05, 0.1) is 19.3 Å². The van der Waals surface area contributed by atoms with Crippen LogP contribution in [-0.4, -0.2) is 38.5 Å². The molecular formula is C21H29ClN2O2. The van der Waals surface area contributed by atoms with Crippen LogP contribution in [0.5, 0.6) is 5.75 Å². The topological polar surface area (TPSA) is 44.7 Å². The molecule has 26 heavy (non-hydrogen) atoms. The molecule has 1 aliphatic rings. The molecule has 2 aromatic carbocycles. The van der Waals surface area contributed by atoms with Gasteiger partial charge in [-0.3, -0.25) is 0 Å². The number of fused-ring (bicyclic) bond motifs is 1. The standard InChI is InChI=1S/C21H28N2O2.ClH/c1-15-6-4-7-16-11-13-23(20(15)16)21(19(24)10-12-22-2)17-8-5-9-18(14-17)25-3;/h4-9,14,19,21-22,24H,10-13H2,1-3H3;1H/t19-,21-;/m1./s1. The molecule has 1 heterocycles. The fraction of sp³-hybridized carbons (Fsp3) is 0.429. The molecule has 142 valence electrons. The number of benzene rings is 2. The van der Waals surface area contributed by atoms with Gasteiger partial charge in [-0.15, -0.1) is 12.4 Å². The predicted molar refractivity (Wildman–Crippen MR) is 110 cm³/mol. The second-order valence-electron chi connectivity index (χ2n) is 6.71. The molecule has 0 spiro atoms. The van der Waals surface area contributed by atoms with E-state index in [-0.39, 0.29) is 18.4 Å². The van der Waals surface area contributed by atoms with Crippen molar-refractivity contribution >= 4 is 18.1 Å². The minimum atomic E-state index is -0.454. The molecule has 0 saturated carbocycles. The third kappa shape index (κ3) is 4.14. The summed E-state index contributed by atoms with van der Waals surface area (Å²) in [5, 5.41) is 14.2. The maximum atomic E-state index is 11.0. The zero-order chi connectivity index (χ0) is 17.8. The normalized spacial score (nSPS) is 15.2. The number of nitrogens with one attached hydrogen (secondary N) is 1. The van der Waals surface area contributed by atoms with Crippen LogP contribution in [0.1, 0.15) is 29.2 Å². The first-order valence-corrected chi connectivity index (χ1v) is 8.97. The van der Waals surface area contributed by atoms with Gasteiger partial charge in [-0.1, -0.05) is 30.3 Å². The Morgan fingerprint density at radius 2 is 2.00 bits per heavy atom. The molecule has 0 aliphatic carbocycles. The molecular weight excluding hydrogens is 348 g/mol. The van der Waals surface area contributed by atoms with Crippen LogP contribution in [0.3, 0.4) is 0 Å². The number of hydrogen-bond donors (Lipinski definition) is 2. The zero-order valence-electron chi connectivity index (χ0n) is 15.7. The van der Waals surface area contributed by atoms with E-state index in [2.05, 4.69) is 41.4 Å². The smallest absolute Gasteiger partial charge is 0.119 e. The Labute approximate surface area is 162 Å². The van der Waals surface area contributed by atoms with Crippen LogP contribution in [0.15, 0.2) is 42.5 Å². The molecule has 0 radical (unpaired) electrons. The molecule has 2 aromatic rings. The SMILES string of the molecule is CNCC[C@@H](O)[C@@H](c1cccc(OC)c1)N1CCc2cccc(C)c21.Cl. The Morgan fingerprint density at radius 3 is 2.73 bits per heavy atom. The van der Waals surface area contributed by atoms with E-state index in [1.54, 1.807) is 7.11 Å². The largest absolute Gasteiger partial charge is 0.497 e. The number of para-hydroxylation sites is 1. The van der Waals surface area contributed by atoms with Crippen molar-refractivity contribution in [2.75, 3.05) is 32.1 Å². The highest BCUT2D eigenvalue weighted by atomic mass is 35.5. The van der Waals surface area contributed by atoms with Crippen LogP contribution in [0, 0.1) is 6.92 Å². The van der Waals surface area contributed by atoms with Crippen LogP contribution >= 0.6 is 12.4 Å². The number of hydrogen-bond acceptors (Lipinski definition) is 4. The van der Waals surface area contributed by atoms with Gasteiger partial charge in [-0.2, -0.15) is 0 Å². The van der Waals surface area contributed by atoms with E-state index in [1.807, 2.05) is 25.2 Å². The number of nitrogens with zero attached hydrogens (tertiary/aromatic N) is 1. The first-order valence-electron chi connectivity index (χ1n) is 8.97. The van der Waals surface area contributed by atoms with E-state index in [1.165, 1.54) is 16.8 Å². The average molecular weight is 377 g/mol. The van der Waals surface area contributed by atoms with E-state index < -0.39 is 6.10 Å². The number of anilines is 1. The lowest BCUT2D eigenvalue weighted by Gasteiger charge is -2.35. The minimum Gasteiger partial charge on any atom is -0.497 e. The van der Waals surface area contributed by atoms with E-state index in [4.69, 9.17) is 4.74 Å². The summed E-state index contributed by atoms with van der Waals surface area (Å²) in [7, 11) is 3.60. The van der Waals surface area contributed by atoms with Crippen molar-refractivity contribution < 1.29 is 9.84 Å². The quantitative estimate of drug-likeness (QED) is 0.776. The van der Waals surface area contributed by atoms with Gasteiger partial charge in [0, 0.05) is 12.2 Å². The lowest BCUT2D eigenvalue weighted by molar-refractivity contribution is 0.132. The van der Waals surface area contributed by atoms with Gasteiger partial charge in [0.15, 0.2) is 0 Å². The zero-order valence-corrected chi connectivity index (χ0v) is 16.6. The van der Waals surface area contributed by atoms with Crippen LogP contribution < -0.4 is 15.0 Å². The number of aryl methyl sites for hydroxylation is 1. The van der Waals surface area contributed by atoms with Gasteiger partial charge in [-0.25, -0.2) is 0 Å². The highest BCUT2D eigenvalue weighted by Gasteiger charge is 2.33. The van der Waals surface area contributed by atoms with E-state index in [0.29, 0.717) is 6.42 Å². The van der Waals surface area contributed by atoms with E-state index in [0.717, 1.165) is 30.8 Å². The van der Waals surface area contributed by atoms with Gasteiger partial charge in [0.1, 0.15) is 5.75 Å². The second kappa shape index (κ2) is 9.26. The Kier molecular flexibility index (Phi) is 7.33. The summed E-state index contributed by atoms with van der Waals surface area (Å²) in [6.07, 6.45) is 1.27. The van der Waals surface area contributed by atoms with E-state index >= 15 is 0 Å². The third-order valence-corrected chi connectivity index (χ3v) is 5.06. The van der Waals surface area contributed by atoms with Crippen LogP contribution in [0.4, 0.5) is 5.69 Å². The predicted octanol–water partition coefficient (Wildman–Crippen LogP) is 3.50. The number of ether oxygens (including phenoxy) is 1. The third-order valence-electron chi connectivity index (χ3n) is 5.06. The summed E-state index contributed by atoms with van der Waals surface area (Å²) in [6.45, 7) is 3.87. The number of aliphatic hydroxyl groups excluding tert-OH is 1. The Balaban J connectivity index is 0.00000243. The minimum absolute atomic E-state index is 0. The maximum Gasteiger partial charge on any atom is 0.119 e. The lowest BCUT2D eigenvalue weighted by Crippen LogP contribution is -2.37. The van der Waals surface area contributed by atoms with Gasteiger partial charge in [0.25, 0.3) is 0 Å². The highest BCUT2D eigenvalue weighted by Crippen LogP contribution is 2.40. The Morgan fingerprint density at radius 1 is 1.23 bits per heavy atom. The van der Waals surface area contributed by atoms with Crippen molar-refractivity contribution in [2.45, 2.75) is 31.9 Å². The van der Waals surface area contributed by atoms with Crippen molar-refractivity contribution in [2.24, 2.45) is 0 Å². The highest BCUT2D eigenvalue weighted by molar-refractivity contribution is 5.85. The molecule has 2 N–H and O–H groups in total. The average Bonchev–Trinajstić information content (AvgIpc) is 3.05. The van der Waals surface area contributed by atoms with Crippen LogP contribution in [0.25, 0.3) is 0 Å². The maximum absolute atomic E-state index is 11.0. The molecule has 0 unspecified atom stereocenters. The molecule has 5 heteroatoms. The molecule has 3 rings (SSSR count). The number of methoxy groups -OCH3 is 1. The molecule has 0 bridgehead atoms. The first kappa shape index (κ1) is 20.6. The number of halogens is 1. The van der Waals surface area contributed by atoms with Crippen molar-refractivity contribution in [1.82, 2.24) is 5.32 Å². The number of aliphatic hydroxyl groups is 1. The fourth-order valence-corrected chi connectivity index (χ4v) is 3.85. The molecule has 1 aliphatic heterocycles. The first-order chi connectivity index (χ1) is 12.2. The van der Waals surface area contributed by atoms with Gasteiger partial charge < -0.3 is 20.1 Å². The molecule has 0 aromatic heterocycles. The summed E-state index contributed by atoms with van der Waals surface area (Å²) in [4.78, 5) is 2.37. The fourth-order valence-electron chi connectivity index (χ4n) is 3.85. The van der Waals surface area contributed by atoms with Crippen molar-refractivity contribution in [3.8, 4) is 5.75 Å². The summed E-state index contributed by atoms with van der Waals surface area (Å²) < 4.78 is 5.41. The molecule has 4 nitrogen and oxygen atoms in total. The molecule has 0 saturated heterocycles. The summed E-state index contributed by atoms with van der Waals surface area (Å²) in [5.74, 6) is 0.826. The van der Waals surface area contributed by atoms with Crippen LogP contribution in [0.2, 0.25) is 0 Å². The molecule has 2 atom stereocenters. The Hall–Kier alpha value is -1.75. The second-order valence-corrected chi connectivity index (χ2v) is 6.71. The van der Waals surface area contributed by atoms with Crippen LogP contribution in [-0.2, 0) is 6.42 Å². The van der Waals surface area contributed by atoms with Crippen molar-refractivity contribution in [3.63, 3.8) is 0 Å². The lowest BCUT2D eigenvalue weighted by atomic mass is 9.96. The van der Waals surface area contributed by atoms with E-state index in [9.17, 15) is 5.11 Å². The summed E-state index contributed by atoms with van der Waals surface area (Å²) >= 11 is 0. The molecule has 0 fully saturated rings. The Bertz CT molecular complexity index is 723. The summed E-state index contributed by atoms with van der Waals surface area (Å²) in [6, 6.07) is 14.5. The monoisotopic (exact) mass is 376 g/mol. The van der Waals surface area contributed by atoms with Gasteiger partial charge in [0.2, 0.25) is 0 Å². The van der Waals surface area contributed by atoms with Gasteiger partial charge in [-0.05, 0) is 62.2 Å². The van der Waals surface area contributed by atoms with Crippen molar-refractivity contribution in [3.05, 3.63) is 59.2 Å².